The van der Waals surface area contributed by atoms with Crippen LogP contribution in [0.2, 0.25) is 0 Å². The molecule has 0 aromatic carbocycles. The van der Waals surface area contributed by atoms with Crippen LogP contribution in [0.25, 0.3) is 0 Å². The maximum Gasteiger partial charge on any atom is 0.348 e. The van der Waals surface area contributed by atoms with Gasteiger partial charge >= 0.3 is 17.9 Å². The van der Waals surface area contributed by atoms with E-state index in [1.807, 2.05) is 27.7 Å². The number of rotatable bonds is 10. The third-order valence-electron chi connectivity index (χ3n) is 2.82. The Labute approximate surface area is 132 Å². The Morgan fingerprint density at radius 1 is 0.864 bits per heavy atom. The minimum absolute atomic E-state index is 0.233. The molecule has 0 aromatic rings. The molecule has 6 nitrogen and oxygen atoms in total. The zero-order valence-corrected chi connectivity index (χ0v) is 14.2. The lowest BCUT2D eigenvalue weighted by Gasteiger charge is -2.16. The van der Waals surface area contributed by atoms with Crippen LogP contribution in [-0.4, -0.2) is 37.2 Å². The van der Waals surface area contributed by atoms with Gasteiger partial charge in [-0.1, -0.05) is 27.7 Å². The van der Waals surface area contributed by atoms with Gasteiger partial charge < -0.3 is 14.2 Å². The molecule has 0 bridgehead atoms. The minimum Gasteiger partial charge on any atom is -0.466 e. The third kappa shape index (κ3) is 11.1. The smallest absolute Gasteiger partial charge is 0.348 e. The van der Waals surface area contributed by atoms with Crippen molar-refractivity contribution in [3.05, 3.63) is 0 Å². The largest absolute Gasteiger partial charge is 0.466 e. The van der Waals surface area contributed by atoms with Crippen molar-refractivity contribution >= 4 is 17.9 Å². The van der Waals surface area contributed by atoms with Gasteiger partial charge in [0.05, 0.1) is 19.6 Å². The average Bonchev–Trinajstić information content (AvgIpc) is 2.36. The second-order valence-corrected chi connectivity index (χ2v) is 6.06. The van der Waals surface area contributed by atoms with Crippen molar-refractivity contribution in [3.63, 3.8) is 0 Å². The highest BCUT2D eigenvalue weighted by Crippen LogP contribution is 2.08. The van der Waals surface area contributed by atoms with Gasteiger partial charge in [-0.3, -0.25) is 9.59 Å². The Balaban J connectivity index is 4.34. The van der Waals surface area contributed by atoms with Gasteiger partial charge in [-0.05, 0) is 24.7 Å². The summed E-state index contributed by atoms with van der Waals surface area (Å²) in [6.07, 6.45) is -0.116. The maximum absolute atomic E-state index is 11.9. The van der Waals surface area contributed by atoms with Crippen molar-refractivity contribution in [2.24, 2.45) is 11.8 Å². The molecule has 0 heterocycles. The first kappa shape index (κ1) is 20.4. The van der Waals surface area contributed by atoms with Gasteiger partial charge in [-0.15, -0.1) is 0 Å². The van der Waals surface area contributed by atoms with E-state index in [2.05, 4.69) is 0 Å². The first-order chi connectivity index (χ1) is 10.2. The van der Waals surface area contributed by atoms with Gasteiger partial charge in [-0.25, -0.2) is 4.79 Å². The van der Waals surface area contributed by atoms with Gasteiger partial charge in [0.25, 0.3) is 0 Å². The summed E-state index contributed by atoms with van der Waals surface area (Å²) in [6.45, 7) is 9.73. The number of hydrogen-bond donors (Lipinski definition) is 0. The lowest BCUT2D eigenvalue weighted by molar-refractivity contribution is -0.171. The van der Waals surface area contributed by atoms with Crippen molar-refractivity contribution in [3.8, 4) is 0 Å². The van der Waals surface area contributed by atoms with Gasteiger partial charge in [0.1, 0.15) is 0 Å². The quantitative estimate of drug-likeness (QED) is 0.455. The molecule has 0 fully saturated rings. The molecule has 0 N–H and O–H groups in total. The first-order valence-electron chi connectivity index (χ1n) is 7.71. The molecule has 22 heavy (non-hydrogen) atoms. The zero-order chi connectivity index (χ0) is 17.1. The van der Waals surface area contributed by atoms with Crippen molar-refractivity contribution in [1.82, 2.24) is 0 Å². The topological polar surface area (TPSA) is 78.9 Å². The molecule has 0 saturated carbocycles. The van der Waals surface area contributed by atoms with Crippen LogP contribution in [-0.2, 0) is 28.6 Å². The van der Waals surface area contributed by atoms with Crippen molar-refractivity contribution in [1.29, 1.82) is 0 Å². The van der Waals surface area contributed by atoms with Crippen LogP contribution in [0.1, 0.15) is 53.9 Å². The van der Waals surface area contributed by atoms with Crippen LogP contribution >= 0.6 is 0 Å². The van der Waals surface area contributed by atoms with Crippen LogP contribution in [0.3, 0.4) is 0 Å². The highest BCUT2D eigenvalue weighted by molar-refractivity contribution is 5.84. The number of carbonyl (C=O) groups is 3. The molecule has 128 valence electrons. The molecule has 0 aromatic heterocycles. The second-order valence-electron chi connectivity index (χ2n) is 6.06. The lowest BCUT2D eigenvalue weighted by Crippen LogP contribution is -2.32. The summed E-state index contributed by atoms with van der Waals surface area (Å²) in [7, 11) is 0. The Morgan fingerprint density at radius 2 is 1.36 bits per heavy atom. The van der Waals surface area contributed by atoms with Crippen LogP contribution in [0.5, 0.6) is 0 Å². The molecule has 0 unspecified atom stereocenters. The number of carbonyl (C=O) groups excluding carboxylic acids is 3. The van der Waals surface area contributed by atoms with Gasteiger partial charge in [0.15, 0.2) is 0 Å². The average molecular weight is 316 g/mol. The van der Waals surface area contributed by atoms with Crippen molar-refractivity contribution in [2.75, 3.05) is 13.2 Å². The molecule has 0 amide bonds. The summed E-state index contributed by atoms with van der Waals surface area (Å²) in [5.74, 6) is -1.12. The predicted molar refractivity (Wildman–Crippen MR) is 81.0 cm³/mol. The Kier molecular flexibility index (Phi) is 10.2. The monoisotopic (exact) mass is 316 g/mol. The van der Waals surface area contributed by atoms with Crippen LogP contribution in [0.4, 0.5) is 0 Å². The molecule has 1 atom stereocenters. The van der Waals surface area contributed by atoms with Crippen LogP contribution in [0, 0.1) is 11.8 Å². The highest BCUT2D eigenvalue weighted by atomic mass is 16.6. The SMILES string of the molecule is CC(=O)O[C@H](CC(=O)OCCC(C)C)C(=O)OCCC(C)C. The minimum atomic E-state index is -1.24. The molecule has 6 heteroatoms. The zero-order valence-electron chi connectivity index (χ0n) is 14.2. The molecule has 0 aliphatic carbocycles. The fourth-order valence-corrected chi connectivity index (χ4v) is 1.48. The molecule has 0 rings (SSSR count). The highest BCUT2D eigenvalue weighted by Gasteiger charge is 2.27. The number of esters is 3. The fraction of sp³-hybridized carbons (Fsp3) is 0.812. The van der Waals surface area contributed by atoms with Crippen LogP contribution < -0.4 is 0 Å². The predicted octanol–water partition coefficient (Wildman–Crippen LogP) is 2.49. The first-order valence-corrected chi connectivity index (χ1v) is 7.71. The van der Waals surface area contributed by atoms with E-state index in [1.54, 1.807) is 0 Å². The van der Waals surface area contributed by atoms with Gasteiger partial charge in [-0.2, -0.15) is 0 Å². The van der Waals surface area contributed by atoms with Crippen molar-refractivity contribution < 1.29 is 28.6 Å². The molecule has 0 spiro atoms. The van der Waals surface area contributed by atoms with E-state index in [0.29, 0.717) is 18.3 Å². The van der Waals surface area contributed by atoms with Crippen molar-refractivity contribution in [2.45, 2.75) is 60.0 Å². The molecule has 0 aliphatic rings. The Bertz CT molecular complexity index is 362. The third-order valence-corrected chi connectivity index (χ3v) is 2.82. The molecule has 0 aliphatic heterocycles. The van der Waals surface area contributed by atoms with Gasteiger partial charge in [0.2, 0.25) is 6.10 Å². The maximum atomic E-state index is 11.9. The fourth-order valence-electron chi connectivity index (χ4n) is 1.48. The van der Waals surface area contributed by atoms with E-state index in [-0.39, 0.29) is 19.6 Å². The summed E-state index contributed by atoms with van der Waals surface area (Å²) >= 11 is 0. The van der Waals surface area contributed by atoms with E-state index < -0.39 is 24.0 Å². The van der Waals surface area contributed by atoms with E-state index in [1.165, 1.54) is 6.92 Å². The molecular weight excluding hydrogens is 288 g/mol. The summed E-state index contributed by atoms with van der Waals surface area (Å²) in [5, 5.41) is 0. The summed E-state index contributed by atoms with van der Waals surface area (Å²) in [4.78, 5) is 34.6. The normalized spacial score (nSPS) is 12.1. The number of ether oxygens (including phenoxy) is 3. The van der Waals surface area contributed by atoms with E-state index in [0.717, 1.165) is 6.42 Å². The summed E-state index contributed by atoms with van der Waals surface area (Å²) in [6, 6.07) is 0. The summed E-state index contributed by atoms with van der Waals surface area (Å²) < 4.78 is 14.9. The lowest BCUT2D eigenvalue weighted by atomic mass is 10.1. The molecule has 0 saturated heterocycles. The number of hydrogen-bond acceptors (Lipinski definition) is 6. The Hall–Kier alpha value is -1.59. The van der Waals surface area contributed by atoms with E-state index in [4.69, 9.17) is 14.2 Å². The van der Waals surface area contributed by atoms with Crippen LogP contribution in [0.15, 0.2) is 0 Å². The molecule has 0 radical (unpaired) electrons. The van der Waals surface area contributed by atoms with Gasteiger partial charge in [0, 0.05) is 6.92 Å². The van der Waals surface area contributed by atoms with E-state index in [9.17, 15) is 14.4 Å². The van der Waals surface area contributed by atoms with E-state index >= 15 is 0 Å². The summed E-state index contributed by atoms with van der Waals surface area (Å²) in [5.41, 5.74) is 0. The standard InChI is InChI=1S/C16H28O6/c1-11(2)6-8-20-15(18)10-14(22-13(5)17)16(19)21-9-7-12(3)4/h11-12,14H,6-10H2,1-5H3/t14-/m1/s1. The molecular formula is C16H28O6. The second kappa shape index (κ2) is 11.0. The Morgan fingerprint density at radius 3 is 1.82 bits per heavy atom.